The number of benzene rings is 2. The van der Waals surface area contributed by atoms with Gasteiger partial charge in [-0.15, -0.1) is 0 Å². The van der Waals surface area contributed by atoms with E-state index in [-0.39, 0.29) is 16.9 Å². The molecule has 0 radical (unpaired) electrons. The normalized spacial score (nSPS) is 9.83. The Labute approximate surface area is 136 Å². The molecule has 2 aromatic carbocycles. The molecule has 0 spiro atoms. The van der Waals surface area contributed by atoms with Gasteiger partial charge in [0.25, 0.3) is 11.6 Å². The molecule has 0 aliphatic carbocycles. The van der Waals surface area contributed by atoms with Gasteiger partial charge in [0.1, 0.15) is 12.0 Å². The number of nitrogens with one attached hydrogen (secondary N) is 1. The lowest BCUT2D eigenvalue weighted by atomic mass is 10.1. The average molecular weight is 328 g/mol. The average Bonchev–Trinajstić information content (AvgIpc) is 2.60. The van der Waals surface area contributed by atoms with Crippen molar-refractivity contribution < 1.29 is 24.0 Å². The van der Waals surface area contributed by atoms with E-state index >= 15 is 0 Å². The summed E-state index contributed by atoms with van der Waals surface area (Å²) in [5, 5.41) is 13.2. The maximum absolute atomic E-state index is 11.8. The number of amides is 1. The maximum Gasteiger partial charge on any atom is 0.338 e. The van der Waals surface area contributed by atoms with Gasteiger partial charge in [-0.3, -0.25) is 19.7 Å². The first-order valence-corrected chi connectivity index (χ1v) is 6.77. The molecule has 0 saturated carbocycles. The first-order valence-electron chi connectivity index (χ1n) is 6.77. The van der Waals surface area contributed by atoms with Gasteiger partial charge in [-0.25, -0.2) is 4.79 Å². The minimum absolute atomic E-state index is 0.0129. The molecular weight excluding hydrogens is 316 g/mol. The molecule has 1 amide bonds. The van der Waals surface area contributed by atoms with E-state index in [1.807, 2.05) is 0 Å². The number of carbonyl (C=O) groups is 3. The van der Waals surface area contributed by atoms with Crippen LogP contribution in [-0.2, 0) is 9.53 Å². The third kappa shape index (κ3) is 4.23. The van der Waals surface area contributed by atoms with Gasteiger partial charge in [-0.2, -0.15) is 0 Å². The maximum atomic E-state index is 11.8. The number of nitro groups is 1. The molecule has 8 nitrogen and oxygen atoms in total. The summed E-state index contributed by atoms with van der Waals surface area (Å²) in [6.07, 6.45) is 0.634. The first-order chi connectivity index (χ1) is 11.5. The van der Waals surface area contributed by atoms with Gasteiger partial charge in [0, 0.05) is 11.6 Å². The van der Waals surface area contributed by atoms with Gasteiger partial charge in [-0.05, 0) is 18.2 Å². The van der Waals surface area contributed by atoms with Crippen LogP contribution in [0.1, 0.15) is 20.7 Å². The molecule has 0 heterocycles. The lowest BCUT2D eigenvalue weighted by molar-refractivity contribution is -0.383. The number of para-hydroxylation sites is 2. The van der Waals surface area contributed by atoms with Crippen molar-refractivity contribution in [2.45, 2.75) is 0 Å². The van der Waals surface area contributed by atoms with Gasteiger partial charge in [0.05, 0.1) is 10.5 Å². The van der Waals surface area contributed by atoms with Crippen molar-refractivity contribution in [2.75, 3.05) is 11.9 Å². The summed E-state index contributed by atoms with van der Waals surface area (Å²) in [7, 11) is 0. The van der Waals surface area contributed by atoms with Crippen molar-refractivity contribution >= 4 is 29.5 Å². The highest BCUT2D eigenvalue weighted by molar-refractivity contribution is 5.97. The highest BCUT2D eigenvalue weighted by Gasteiger charge is 2.16. The fourth-order valence-electron chi connectivity index (χ4n) is 1.84. The Kier molecular flexibility index (Phi) is 5.35. The Bertz CT molecular complexity index is 785. The van der Waals surface area contributed by atoms with E-state index in [0.717, 1.165) is 0 Å². The first kappa shape index (κ1) is 16.8. The van der Waals surface area contributed by atoms with E-state index < -0.39 is 23.4 Å². The van der Waals surface area contributed by atoms with Gasteiger partial charge in [-0.1, -0.05) is 24.3 Å². The zero-order chi connectivity index (χ0) is 17.5. The number of rotatable bonds is 6. The Morgan fingerprint density at radius 3 is 2.42 bits per heavy atom. The molecule has 2 rings (SSSR count). The fourth-order valence-corrected chi connectivity index (χ4v) is 1.84. The van der Waals surface area contributed by atoms with Crippen LogP contribution in [0, 0.1) is 10.1 Å². The number of ether oxygens (including phenoxy) is 1. The minimum Gasteiger partial charge on any atom is -0.452 e. The predicted molar refractivity (Wildman–Crippen MR) is 83.8 cm³/mol. The van der Waals surface area contributed by atoms with Gasteiger partial charge < -0.3 is 10.1 Å². The summed E-state index contributed by atoms with van der Waals surface area (Å²) in [5.41, 5.74) is 0.334. The quantitative estimate of drug-likeness (QED) is 0.376. The lowest BCUT2D eigenvalue weighted by Crippen LogP contribution is -2.21. The van der Waals surface area contributed by atoms with Gasteiger partial charge in [0.15, 0.2) is 6.61 Å². The zero-order valence-corrected chi connectivity index (χ0v) is 12.3. The number of hydrogen-bond donors (Lipinski definition) is 1. The standard InChI is InChI=1S/C16H12N2O6/c19-9-11-5-7-12(8-6-11)16(21)24-10-15(20)17-13-3-1-2-4-14(13)18(22)23/h1-9H,10H2,(H,17,20). The molecule has 0 aliphatic rings. The van der Waals surface area contributed by atoms with Crippen LogP contribution in [0.3, 0.4) is 0 Å². The number of esters is 1. The van der Waals surface area contributed by atoms with Crippen LogP contribution in [-0.4, -0.2) is 29.7 Å². The second-order valence-corrected chi connectivity index (χ2v) is 4.64. The van der Waals surface area contributed by atoms with E-state index in [4.69, 9.17) is 4.74 Å². The second kappa shape index (κ2) is 7.63. The molecule has 122 valence electrons. The van der Waals surface area contributed by atoms with Gasteiger partial charge >= 0.3 is 5.97 Å². The summed E-state index contributed by atoms with van der Waals surface area (Å²) in [6, 6.07) is 11.3. The molecule has 24 heavy (non-hydrogen) atoms. The van der Waals surface area contributed by atoms with Crippen LogP contribution in [0.5, 0.6) is 0 Å². The third-order valence-electron chi connectivity index (χ3n) is 2.99. The van der Waals surface area contributed by atoms with Crippen molar-refractivity contribution in [2.24, 2.45) is 0 Å². The molecule has 0 saturated heterocycles. The van der Waals surface area contributed by atoms with Crippen molar-refractivity contribution in [3.05, 3.63) is 69.8 Å². The van der Waals surface area contributed by atoms with E-state index in [1.165, 1.54) is 48.5 Å². The van der Waals surface area contributed by atoms with E-state index in [1.54, 1.807) is 0 Å². The van der Waals surface area contributed by atoms with Crippen LogP contribution in [0.2, 0.25) is 0 Å². The number of anilines is 1. The van der Waals surface area contributed by atoms with Crippen LogP contribution in [0.4, 0.5) is 11.4 Å². The Balaban J connectivity index is 1.94. The minimum atomic E-state index is -0.745. The van der Waals surface area contributed by atoms with Crippen molar-refractivity contribution in [1.29, 1.82) is 0 Å². The number of nitro benzene ring substituents is 1. The predicted octanol–water partition coefficient (Wildman–Crippen LogP) is 2.20. The van der Waals surface area contributed by atoms with Crippen molar-refractivity contribution in [3.8, 4) is 0 Å². The Hall–Kier alpha value is -3.55. The Morgan fingerprint density at radius 1 is 1.12 bits per heavy atom. The van der Waals surface area contributed by atoms with E-state index in [9.17, 15) is 24.5 Å². The SMILES string of the molecule is O=Cc1ccc(C(=O)OCC(=O)Nc2ccccc2[N+](=O)[O-])cc1. The van der Waals surface area contributed by atoms with Crippen molar-refractivity contribution in [3.63, 3.8) is 0 Å². The molecule has 0 fully saturated rings. The van der Waals surface area contributed by atoms with Crippen molar-refractivity contribution in [1.82, 2.24) is 0 Å². The third-order valence-corrected chi connectivity index (χ3v) is 2.99. The number of hydrogen-bond acceptors (Lipinski definition) is 6. The second-order valence-electron chi connectivity index (χ2n) is 4.64. The summed E-state index contributed by atoms with van der Waals surface area (Å²) in [4.78, 5) is 44.3. The number of aldehydes is 1. The molecule has 1 N–H and O–H groups in total. The van der Waals surface area contributed by atoms with E-state index in [0.29, 0.717) is 11.8 Å². The fraction of sp³-hybridized carbons (Fsp3) is 0.0625. The smallest absolute Gasteiger partial charge is 0.338 e. The summed E-state index contributed by atoms with van der Waals surface area (Å²) >= 11 is 0. The molecule has 8 heteroatoms. The van der Waals surface area contributed by atoms with Gasteiger partial charge in [0.2, 0.25) is 0 Å². The molecule has 0 atom stereocenters. The highest BCUT2D eigenvalue weighted by Crippen LogP contribution is 2.22. The largest absolute Gasteiger partial charge is 0.452 e. The summed E-state index contributed by atoms with van der Waals surface area (Å²) in [6.45, 7) is -0.597. The highest BCUT2D eigenvalue weighted by atomic mass is 16.6. The Morgan fingerprint density at radius 2 is 1.79 bits per heavy atom. The molecule has 0 unspecified atom stereocenters. The van der Waals surface area contributed by atoms with Crippen LogP contribution in [0.15, 0.2) is 48.5 Å². The van der Waals surface area contributed by atoms with Crippen LogP contribution >= 0.6 is 0 Å². The topological polar surface area (TPSA) is 116 Å². The number of nitrogens with zero attached hydrogens (tertiary/aromatic N) is 1. The summed E-state index contributed by atoms with van der Waals surface area (Å²) < 4.78 is 4.83. The zero-order valence-electron chi connectivity index (χ0n) is 12.3. The monoisotopic (exact) mass is 328 g/mol. The van der Waals surface area contributed by atoms with Crippen LogP contribution in [0.25, 0.3) is 0 Å². The van der Waals surface area contributed by atoms with E-state index in [2.05, 4.69) is 5.32 Å². The molecule has 2 aromatic rings. The van der Waals surface area contributed by atoms with Crippen LogP contribution < -0.4 is 5.32 Å². The molecular formula is C16H12N2O6. The molecule has 0 aliphatic heterocycles. The molecule has 0 aromatic heterocycles. The lowest BCUT2D eigenvalue weighted by Gasteiger charge is -2.07. The summed E-state index contributed by atoms with van der Waals surface area (Å²) in [5.74, 6) is -1.45. The number of carbonyl (C=O) groups excluding carboxylic acids is 3. The molecule has 0 bridgehead atoms.